The molecule has 0 unspecified atom stereocenters. The molecule has 2 heterocycles. The zero-order valence-corrected chi connectivity index (χ0v) is 17.5. The van der Waals surface area contributed by atoms with Crippen LogP contribution in [-0.4, -0.2) is 53.5 Å². The van der Waals surface area contributed by atoms with E-state index in [1.54, 1.807) is 6.20 Å². The summed E-state index contributed by atoms with van der Waals surface area (Å²) in [6, 6.07) is 11.6. The largest absolute Gasteiger partial charge is 0.490 e. The van der Waals surface area contributed by atoms with Gasteiger partial charge in [-0.15, -0.1) is 0 Å². The van der Waals surface area contributed by atoms with Crippen LogP contribution in [0, 0.1) is 0 Å². The van der Waals surface area contributed by atoms with Crippen LogP contribution in [0.2, 0.25) is 0 Å². The summed E-state index contributed by atoms with van der Waals surface area (Å²) < 4.78 is 12.1. The molecule has 0 spiro atoms. The molecule has 1 aromatic heterocycles. The van der Waals surface area contributed by atoms with Crippen LogP contribution in [0.1, 0.15) is 38.7 Å². The zero-order valence-electron chi connectivity index (χ0n) is 17.5. The van der Waals surface area contributed by atoms with Gasteiger partial charge in [0.25, 0.3) is 0 Å². The third-order valence-electron chi connectivity index (χ3n) is 5.15. The van der Waals surface area contributed by atoms with Gasteiger partial charge in [0, 0.05) is 31.4 Å². The van der Waals surface area contributed by atoms with E-state index in [9.17, 15) is 4.79 Å². The molecule has 1 aliphatic rings. The van der Waals surface area contributed by atoms with Gasteiger partial charge in [-0.1, -0.05) is 18.2 Å². The molecule has 3 rings (SSSR count). The number of aromatic nitrogens is 1. The minimum Gasteiger partial charge on any atom is -0.490 e. The molecule has 0 fully saturated rings. The third-order valence-corrected chi connectivity index (χ3v) is 5.15. The van der Waals surface area contributed by atoms with Gasteiger partial charge >= 0.3 is 0 Å². The monoisotopic (exact) mass is 397 g/mol. The number of hydrogen-bond acceptors (Lipinski definition) is 5. The SMILES string of the molecule is CCN(CC)C(=O)CN1CCCCCOc2ccccc2Oc2ncccc2C1. The molecule has 0 N–H and O–H groups in total. The molecule has 6 nitrogen and oxygen atoms in total. The number of pyridine rings is 1. The lowest BCUT2D eigenvalue weighted by Crippen LogP contribution is -2.40. The smallest absolute Gasteiger partial charge is 0.236 e. The summed E-state index contributed by atoms with van der Waals surface area (Å²) in [4.78, 5) is 21.2. The normalized spacial score (nSPS) is 15.4. The number of nitrogens with zero attached hydrogens (tertiary/aromatic N) is 3. The minimum atomic E-state index is 0.166. The van der Waals surface area contributed by atoms with Gasteiger partial charge in [-0.05, 0) is 57.9 Å². The van der Waals surface area contributed by atoms with Crippen molar-refractivity contribution in [3.05, 3.63) is 48.2 Å². The molecule has 1 aliphatic heterocycles. The van der Waals surface area contributed by atoms with Crippen molar-refractivity contribution in [2.75, 3.05) is 32.8 Å². The molecule has 0 aliphatic carbocycles. The van der Waals surface area contributed by atoms with Crippen molar-refractivity contribution in [1.29, 1.82) is 0 Å². The van der Waals surface area contributed by atoms with Gasteiger partial charge in [0.15, 0.2) is 11.5 Å². The van der Waals surface area contributed by atoms with Crippen molar-refractivity contribution in [2.24, 2.45) is 0 Å². The lowest BCUT2D eigenvalue weighted by Gasteiger charge is -2.26. The summed E-state index contributed by atoms with van der Waals surface area (Å²) in [5.41, 5.74) is 0.967. The van der Waals surface area contributed by atoms with Gasteiger partial charge in [-0.3, -0.25) is 9.69 Å². The van der Waals surface area contributed by atoms with Crippen molar-refractivity contribution in [1.82, 2.24) is 14.8 Å². The van der Waals surface area contributed by atoms with Crippen LogP contribution in [0.3, 0.4) is 0 Å². The Hall–Kier alpha value is -2.60. The Morgan fingerprint density at radius 3 is 2.66 bits per heavy atom. The molecule has 0 saturated heterocycles. The van der Waals surface area contributed by atoms with Gasteiger partial charge in [0.1, 0.15) is 0 Å². The second-order valence-corrected chi connectivity index (χ2v) is 7.20. The van der Waals surface area contributed by atoms with Gasteiger partial charge < -0.3 is 14.4 Å². The van der Waals surface area contributed by atoms with E-state index in [1.165, 1.54) is 0 Å². The Kier molecular flexibility index (Phi) is 7.87. The maximum atomic E-state index is 12.7. The number of carbonyl (C=O) groups excluding carboxylic acids is 1. The molecule has 1 aromatic carbocycles. The van der Waals surface area contributed by atoms with E-state index in [0.29, 0.717) is 31.3 Å². The lowest BCUT2D eigenvalue weighted by molar-refractivity contribution is -0.132. The van der Waals surface area contributed by atoms with Crippen LogP contribution >= 0.6 is 0 Å². The molecule has 0 radical (unpaired) electrons. The first-order chi connectivity index (χ1) is 14.2. The first-order valence-corrected chi connectivity index (χ1v) is 10.5. The van der Waals surface area contributed by atoms with Gasteiger partial charge in [-0.2, -0.15) is 0 Å². The summed E-state index contributed by atoms with van der Waals surface area (Å²) in [6.07, 6.45) is 4.77. The number of amides is 1. The fourth-order valence-electron chi connectivity index (χ4n) is 3.51. The Balaban J connectivity index is 1.84. The molecule has 0 bridgehead atoms. The van der Waals surface area contributed by atoms with Crippen LogP contribution in [0.25, 0.3) is 0 Å². The Labute approximate surface area is 173 Å². The average Bonchev–Trinajstić information content (AvgIpc) is 2.74. The number of ether oxygens (including phenoxy) is 2. The molecule has 156 valence electrons. The highest BCUT2D eigenvalue weighted by Gasteiger charge is 2.18. The van der Waals surface area contributed by atoms with Crippen LogP contribution in [-0.2, 0) is 11.3 Å². The van der Waals surface area contributed by atoms with Crippen molar-refractivity contribution in [3.63, 3.8) is 0 Å². The number of para-hydroxylation sites is 2. The van der Waals surface area contributed by atoms with E-state index in [-0.39, 0.29) is 5.91 Å². The van der Waals surface area contributed by atoms with E-state index in [1.807, 2.05) is 55.1 Å². The van der Waals surface area contributed by atoms with E-state index < -0.39 is 0 Å². The maximum absolute atomic E-state index is 12.7. The number of benzene rings is 1. The molecule has 2 aromatic rings. The topological polar surface area (TPSA) is 54.9 Å². The van der Waals surface area contributed by atoms with Crippen molar-refractivity contribution in [2.45, 2.75) is 39.7 Å². The van der Waals surface area contributed by atoms with Crippen molar-refractivity contribution in [3.8, 4) is 17.4 Å². The zero-order chi connectivity index (χ0) is 20.5. The first kappa shape index (κ1) is 21.1. The van der Waals surface area contributed by atoms with E-state index >= 15 is 0 Å². The standard InChI is InChI=1S/C23H31N3O3/c1-3-26(4-2)22(27)18-25-15-8-5-9-16-28-20-12-6-7-13-21(20)29-23-19(17-25)11-10-14-24-23/h6-7,10-14H,3-5,8-9,15-18H2,1-2H3. The summed E-state index contributed by atoms with van der Waals surface area (Å²) >= 11 is 0. The summed E-state index contributed by atoms with van der Waals surface area (Å²) in [5, 5.41) is 0. The fourth-order valence-corrected chi connectivity index (χ4v) is 3.51. The van der Waals surface area contributed by atoms with Gasteiger partial charge in [0.2, 0.25) is 11.8 Å². The number of carbonyl (C=O) groups is 1. The third kappa shape index (κ3) is 5.94. The number of likely N-dealkylation sites (N-methyl/N-ethyl adjacent to an activating group) is 1. The second-order valence-electron chi connectivity index (χ2n) is 7.20. The highest BCUT2D eigenvalue weighted by molar-refractivity contribution is 5.78. The van der Waals surface area contributed by atoms with Gasteiger partial charge in [0.05, 0.1) is 13.2 Å². The molecular weight excluding hydrogens is 366 g/mol. The van der Waals surface area contributed by atoms with Crippen LogP contribution in [0.15, 0.2) is 42.6 Å². The Bertz CT molecular complexity index is 792. The highest BCUT2D eigenvalue weighted by Crippen LogP contribution is 2.32. The number of hydrogen-bond donors (Lipinski definition) is 0. The van der Waals surface area contributed by atoms with E-state index in [0.717, 1.165) is 50.2 Å². The summed E-state index contributed by atoms with van der Waals surface area (Å²) in [5.74, 6) is 2.12. The fraction of sp³-hybridized carbons (Fsp3) is 0.478. The molecule has 0 saturated carbocycles. The molecule has 0 atom stereocenters. The average molecular weight is 398 g/mol. The van der Waals surface area contributed by atoms with E-state index in [2.05, 4.69) is 9.88 Å². The van der Waals surface area contributed by atoms with Crippen LogP contribution in [0.5, 0.6) is 17.4 Å². The van der Waals surface area contributed by atoms with Gasteiger partial charge in [-0.25, -0.2) is 4.98 Å². The molecular formula is C23H31N3O3. The number of fused-ring (bicyclic) bond motifs is 2. The van der Waals surface area contributed by atoms with Crippen LogP contribution < -0.4 is 9.47 Å². The predicted molar refractivity (Wildman–Crippen MR) is 113 cm³/mol. The summed E-state index contributed by atoms with van der Waals surface area (Å²) in [7, 11) is 0. The van der Waals surface area contributed by atoms with Crippen molar-refractivity contribution < 1.29 is 14.3 Å². The molecule has 6 heteroatoms. The highest BCUT2D eigenvalue weighted by atomic mass is 16.5. The van der Waals surface area contributed by atoms with E-state index in [4.69, 9.17) is 9.47 Å². The second kappa shape index (κ2) is 10.8. The minimum absolute atomic E-state index is 0.166. The van der Waals surface area contributed by atoms with Crippen molar-refractivity contribution >= 4 is 5.91 Å². The lowest BCUT2D eigenvalue weighted by atomic mass is 10.2. The molecule has 1 amide bonds. The predicted octanol–water partition coefficient (Wildman–Crippen LogP) is 4.11. The quantitative estimate of drug-likeness (QED) is 0.777. The Morgan fingerprint density at radius 1 is 1.07 bits per heavy atom. The Morgan fingerprint density at radius 2 is 1.86 bits per heavy atom. The summed E-state index contributed by atoms with van der Waals surface area (Å²) in [6.45, 7) is 8.04. The first-order valence-electron chi connectivity index (χ1n) is 10.5. The number of rotatable bonds is 4. The maximum Gasteiger partial charge on any atom is 0.236 e. The molecule has 29 heavy (non-hydrogen) atoms. The van der Waals surface area contributed by atoms with Crippen LogP contribution in [0.4, 0.5) is 0 Å².